The number of rotatable bonds is 9. The van der Waals surface area contributed by atoms with Gasteiger partial charge >= 0.3 is 0 Å². The molecule has 0 saturated heterocycles. The number of methoxy groups -OCH3 is 1. The Morgan fingerprint density at radius 2 is 1.90 bits per heavy atom. The van der Waals surface area contributed by atoms with Crippen molar-refractivity contribution in [2.24, 2.45) is 0 Å². The maximum atomic E-state index is 13.2. The average Bonchev–Trinajstić information content (AvgIpc) is 2.78. The molecular formula is C24H27N3O3S. The Kier molecular flexibility index (Phi) is 7.52. The van der Waals surface area contributed by atoms with E-state index in [2.05, 4.69) is 6.58 Å². The van der Waals surface area contributed by atoms with Crippen molar-refractivity contribution in [3.05, 3.63) is 76.6 Å². The van der Waals surface area contributed by atoms with E-state index in [0.29, 0.717) is 35.7 Å². The fourth-order valence-corrected chi connectivity index (χ4v) is 4.13. The SMILES string of the molecule is C=C(C)CN(CC)C(=O)CSc1nc2ccccc2c(=O)n1Cc1ccc(OC)cc1. The molecule has 0 spiro atoms. The number of fused-ring (bicyclic) bond motifs is 1. The Morgan fingerprint density at radius 1 is 1.19 bits per heavy atom. The van der Waals surface area contributed by atoms with Crippen molar-refractivity contribution in [3.8, 4) is 5.75 Å². The first-order valence-electron chi connectivity index (χ1n) is 10.1. The molecule has 0 unspecified atom stereocenters. The fourth-order valence-electron chi connectivity index (χ4n) is 3.23. The Balaban J connectivity index is 1.93. The lowest BCUT2D eigenvalue weighted by Crippen LogP contribution is -2.34. The summed E-state index contributed by atoms with van der Waals surface area (Å²) in [5, 5.41) is 1.09. The molecule has 0 radical (unpaired) electrons. The van der Waals surface area contributed by atoms with E-state index in [9.17, 15) is 9.59 Å². The Morgan fingerprint density at radius 3 is 2.55 bits per heavy atom. The van der Waals surface area contributed by atoms with Gasteiger partial charge in [-0.25, -0.2) is 4.98 Å². The highest BCUT2D eigenvalue weighted by molar-refractivity contribution is 7.99. The minimum Gasteiger partial charge on any atom is -0.497 e. The number of benzene rings is 2. The third kappa shape index (κ3) is 5.55. The van der Waals surface area contributed by atoms with E-state index >= 15 is 0 Å². The number of likely N-dealkylation sites (N-methyl/N-ethyl adjacent to an activating group) is 1. The van der Waals surface area contributed by atoms with Gasteiger partial charge in [0.1, 0.15) is 5.75 Å². The maximum Gasteiger partial charge on any atom is 0.262 e. The normalized spacial score (nSPS) is 10.8. The second-order valence-electron chi connectivity index (χ2n) is 7.30. The van der Waals surface area contributed by atoms with Crippen molar-refractivity contribution in [1.82, 2.24) is 14.5 Å². The molecular weight excluding hydrogens is 410 g/mol. The van der Waals surface area contributed by atoms with Gasteiger partial charge in [0.15, 0.2) is 5.16 Å². The summed E-state index contributed by atoms with van der Waals surface area (Å²) in [6.07, 6.45) is 0. The highest BCUT2D eigenvalue weighted by atomic mass is 32.2. The van der Waals surface area contributed by atoms with Gasteiger partial charge < -0.3 is 9.64 Å². The van der Waals surface area contributed by atoms with Crippen LogP contribution in [0.4, 0.5) is 0 Å². The molecule has 0 atom stereocenters. The molecule has 0 N–H and O–H groups in total. The van der Waals surface area contributed by atoms with Crippen LogP contribution in [0.3, 0.4) is 0 Å². The van der Waals surface area contributed by atoms with Gasteiger partial charge in [-0.2, -0.15) is 0 Å². The van der Waals surface area contributed by atoms with E-state index in [1.807, 2.05) is 56.3 Å². The van der Waals surface area contributed by atoms with E-state index < -0.39 is 0 Å². The van der Waals surface area contributed by atoms with Gasteiger partial charge in [0.25, 0.3) is 5.56 Å². The molecule has 0 aliphatic rings. The molecule has 31 heavy (non-hydrogen) atoms. The van der Waals surface area contributed by atoms with Crippen LogP contribution in [-0.4, -0.2) is 46.3 Å². The van der Waals surface area contributed by atoms with Crippen LogP contribution in [0.5, 0.6) is 5.75 Å². The first-order valence-corrected chi connectivity index (χ1v) is 11.1. The van der Waals surface area contributed by atoms with Crippen molar-refractivity contribution in [2.75, 3.05) is 26.0 Å². The van der Waals surface area contributed by atoms with Gasteiger partial charge in [-0.1, -0.05) is 48.2 Å². The minimum atomic E-state index is -0.120. The zero-order valence-electron chi connectivity index (χ0n) is 18.1. The maximum absolute atomic E-state index is 13.2. The van der Waals surface area contributed by atoms with Crippen molar-refractivity contribution in [2.45, 2.75) is 25.5 Å². The first-order chi connectivity index (χ1) is 14.9. The van der Waals surface area contributed by atoms with Gasteiger partial charge in [0.2, 0.25) is 5.91 Å². The van der Waals surface area contributed by atoms with Gasteiger partial charge in [-0.15, -0.1) is 0 Å². The molecule has 2 aromatic carbocycles. The molecule has 0 aliphatic carbocycles. The molecule has 0 bridgehead atoms. The molecule has 0 saturated carbocycles. The Labute approximate surface area is 186 Å². The van der Waals surface area contributed by atoms with Crippen LogP contribution >= 0.6 is 11.8 Å². The van der Waals surface area contributed by atoms with E-state index in [-0.39, 0.29) is 17.2 Å². The lowest BCUT2D eigenvalue weighted by Gasteiger charge is -2.21. The second-order valence-corrected chi connectivity index (χ2v) is 8.25. The van der Waals surface area contributed by atoms with Crippen LogP contribution in [0.2, 0.25) is 0 Å². The van der Waals surface area contributed by atoms with Gasteiger partial charge in [-0.3, -0.25) is 14.2 Å². The highest BCUT2D eigenvalue weighted by Crippen LogP contribution is 2.20. The van der Waals surface area contributed by atoms with E-state index in [4.69, 9.17) is 9.72 Å². The van der Waals surface area contributed by atoms with Gasteiger partial charge in [-0.05, 0) is 43.7 Å². The number of aromatic nitrogens is 2. The minimum absolute atomic E-state index is 0.00564. The summed E-state index contributed by atoms with van der Waals surface area (Å²) in [6.45, 7) is 9.24. The van der Waals surface area contributed by atoms with E-state index in [0.717, 1.165) is 16.9 Å². The smallest absolute Gasteiger partial charge is 0.262 e. The van der Waals surface area contributed by atoms with Gasteiger partial charge in [0.05, 0.1) is 30.3 Å². The van der Waals surface area contributed by atoms with Crippen LogP contribution in [0, 0.1) is 0 Å². The molecule has 3 aromatic rings. The van der Waals surface area contributed by atoms with Crippen molar-refractivity contribution >= 4 is 28.6 Å². The van der Waals surface area contributed by atoms with Crippen molar-refractivity contribution in [3.63, 3.8) is 0 Å². The van der Waals surface area contributed by atoms with Crippen molar-refractivity contribution in [1.29, 1.82) is 0 Å². The first kappa shape index (κ1) is 22.6. The molecule has 6 nitrogen and oxygen atoms in total. The lowest BCUT2D eigenvalue weighted by atomic mass is 10.2. The molecule has 162 valence electrons. The average molecular weight is 438 g/mol. The van der Waals surface area contributed by atoms with Crippen LogP contribution in [-0.2, 0) is 11.3 Å². The molecule has 0 aliphatic heterocycles. The standard InChI is InChI=1S/C24H27N3O3S/c1-5-26(14-17(2)3)22(28)16-31-24-25-21-9-7-6-8-20(21)23(29)27(24)15-18-10-12-19(30-4)13-11-18/h6-13H,2,5,14-16H2,1,3-4H3. The molecule has 1 aromatic heterocycles. The number of ether oxygens (including phenoxy) is 1. The molecule has 0 fully saturated rings. The number of para-hydroxylation sites is 1. The van der Waals surface area contributed by atoms with Crippen LogP contribution in [0.1, 0.15) is 19.4 Å². The number of thioether (sulfide) groups is 1. The van der Waals surface area contributed by atoms with E-state index in [1.165, 1.54) is 11.8 Å². The zero-order valence-corrected chi connectivity index (χ0v) is 18.9. The number of hydrogen-bond donors (Lipinski definition) is 0. The molecule has 1 heterocycles. The van der Waals surface area contributed by atoms with E-state index in [1.54, 1.807) is 22.6 Å². The summed E-state index contributed by atoms with van der Waals surface area (Å²) in [6, 6.07) is 14.9. The molecule has 7 heteroatoms. The quantitative estimate of drug-likeness (QED) is 0.288. The number of nitrogens with zero attached hydrogens (tertiary/aromatic N) is 3. The third-order valence-electron chi connectivity index (χ3n) is 4.85. The Hall–Kier alpha value is -3.06. The number of hydrogen-bond acceptors (Lipinski definition) is 5. The monoisotopic (exact) mass is 437 g/mol. The molecule has 1 amide bonds. The summed E-state index contributed by atoms with van der Waals surface area (Å²) < 4.78 is 6.85. The number of carbonyl (C=O) groups is 1. The molecule has 3 rings (SSSR count). The zero-order chi connectivity index (χ0) is 22.4. The van der Waals surface area contributed by atoms with Crippen LogP contribution in [0.25, 0.3) is 10.9 Å². The summed E-state index contributed by atoms with van der Waals surface area (Å²) in [7, 11) is 1.62. The van der Waals surface area contributed by atoms with Crippen LogP contribution < -0.4 is 10.3 Å². The predicted octanol–water partition coefficient (Wildman–Crippen LogP) is 3.97. The summed E-state index contributed by atoms with van der Waals surface area (Å²) in [5.41, 5.74) is 2.39. The lowest BCUT2D eigenvalue weighted by molar-refractivity contribution is -0.127. The Bertz CT molecular complexity index is 1140. The summed E-state index contributed by atoms with van der Waals surface area (Å²) in [4.78, 5) is 32.4. The number of carbonyl (C=O) groups excluding carboxylic acids is 1. The largest absolute Gasteiger partial charge is 0.497 e. The fraction of sp³-hybridized carbons (Fsp3) is 0.292. The van der Waals surface area contributed by atoms with Gasteiger partial charge in [0, 0.05) is 13.1 Å². The van der Waals surface area contributed by atoms with Crippen molar-refractivity contribution < 1.29 is 9.53 Å². The highest BCUT2D eigenvalue weighted by Gasteiger charge is 2.16. The predicted molar refractivity (Wildman–Crippen MR) is 126 cm³/mol. The second kappa shape index (κ2) is 10.3. The number of amides is 1. The van der Waals surface area contributed by atoms with Crippen LogP contribution in [0.15, 0.2) is 70.6 Å². The topological polar surface area (TPSA) is 64.4 Å². The summed E-state index contributed by atoms with van der Waals surface area (Å²) in [5.74, 6) is 0.952. The third-order valence-corrected chi connectivity index (χ3v) is 5.81. The summed E-state index contributed by atoms with van der Waals surface area (Å²) >= 11 is 1.29.